The Kier molecular flexibility index (Phi) is 3.97. The first kappa shape index (κ1) is 14.1. The van der Waals surface area contributed by atoms with Crippen LogP contribution in [-0.2, 0) is 6.61 Å². The van der Waals surface area contributed by atoms with E-state index in [4.69, 9.17) is 4.74 Å². The van der Waals surface area contributed by atoms with Gasteiger partial charge in [0.2, 0.25) is 0 Å². The van der Waals surface area contributed by atoms with Crippen LogP contribution in [0.3, 0.4) is 0 Å². The van der Waals surface area contributed by atoms with Crippen molar-refractivity contribution in [1.82, 2.24) is 14.9 Å². The van der Waals surface area contributed by atoms with Gasteiger partial charge in [-0.05, 0) is 50.9 Å². The highest BCUT2D eigenvalue weighted by molar-refractivity contribution is 5.37. The van der Waals surface area contributed by atoms with Crippen LogP contribution in [0.4, 0.5) is 0 Å². The second-order valence-corrected chi connectivity index (χ2v) is 5.85. The molecule has 4 heteroatoms. The smallest absolute Gasteiger partial charge is 0.130 e. The molecule has 112 valence electrons. The third kappa shape index (κ3) is 3.10. The largest absolute Gasteiger partial charge is 0.487 e. The van der Waals surface area contributed by atoms with Gasteiger partial charge in [0.15, 0.2) is 0 Å². The van der Waals surface area contributed by atoms with Crippen LogP contribution in [-0.4, -0.2) is 16.6 Å². The van der Waals surface area contributed by atoms with Crippen molar-refractivity contribution in [2.75, 3.05) is 7.05 Å². The lowest BCUT2D eigenvalue weighted by atomic mass is 10.1. The van der Waals surface area contributed by atoms with Gasteiger partial charge in [-0.3, -0.25) is 0 Å². The molecule has 0 aliphatic heterocycles. The molecular formula is C17H23N3O. The molecule has 1 fully saturated rings. The molecule has 0 amide bonds. The lowest BCUT2D eigenvalue weighted by Crippen LogP contribution is -2.12. The molecule has 1 atom stereocenters. The van der Waals surface area contributed by atoms with Gasteiger partial charge in [0.05, 0.1) is 18.2 Å². The van der Waals surface area contributed by atoms with Crippen LogP contribution < -0.4 is 10.1 Å². The monoisotopic (exact) mass is 285 g/mol. The van der Waals surface area contributed by atoms with Gasteiger partial charge in [-0.1, -0.05) is 12.1 Å². The summed E-state index contributed by atoms with van der Waals surface area (Å²) in [4.78, 5) is 4.24. The van der Waals surface area contributed by atoms with Crippen molar-refractivity contribution < 1.29 is 4.74 Å². The first-order valence-electron chi connectivity index (χ1n) is 7.60. The van der Waals surface area contributed by atoms with E-state index in [1.54, 1.807) is 0 Å². The number of rotatable bonds is 6. The molecule has 2 aromatic rings. The summed E-state index contributed by atoms with van der Waals surface area (Å²) in [6.45, 7) is 4.83. The molecular weight excluding hydrogens is 262 g/mol. The summed E-state index contributed by atoms with van der Waals surface area (Å²) < 4.78 is 8.23. The highest BCUT2D eigenvalue weighted by Crippen LogP contribution is 2.35. The van der Waals surface area contributed by atoms with Crippen molar-refractivity contribution in [3.8, 4) is 5.75 Å². The number of imidazole rings is 1. The third-order valence-corrected chi connectivity index (χ3v) is 4.19. The average Bonchev–Trinajstić information content (AvgIpc) is 3.24. The Morgan fingerprint density at radius 1 is 1.43 bits per heavy atom. The lowest BCUT2D eigenvalue weighted by Gasteiger charge is -2.15. The van der Waals surface area contributed by atoms with Gasteiger partial charge in [0.1, 0.15) is 12.4 Å². The van der Waals surface area contributed by atoms with Gasteiger partial charge in [0.25, 0.3) is 0 Å². The Morgan fingerprint density at radius 2 is 2.24 bits per heavy atom. The Morgan fingerprint density at radius 3 is 2.90 bits per heavy atom. The zero-order valence-corrected chi connectivity index (χ0v) is 13.0. The minimum Gasteiger partial charge on any atom is -0.487 e. The molecule has 1 aromatic carbocycles. The van der Waals surface area contributed by atoms with Crippen LogP contribution in [0.15, 0.2) is 30.7 Å². The number of hydrogen-bond donors (Lipinski definition) is 1. The fourth-order valence-electron chi connectivity index (χ4n) is 2.55. The molecule has 0 bridgehead atoms. The quantitative estimate of drug-likeness (QED) is 0.884. The number of hydrogen-bond acceptors (Lipinski definition) is 3. The summed E-state index contributed by atoms with van der Waals surface area (Å²) in [5.74, 6) is 0.950. The lowest BCUT2D eigenvalue weighted by molar-refractivity contribution is 0.292. The maximum absolute atomic E-state index is 5.99. The van der Waals surface area contributed by atoms with Gasteiger partial charge in [-0.15, -0.1) is 0 Å². The van der Waals surface area contributed by atoms with Crippen molar-refractivity contribution >= 4 is 0 Å². The molecule has 0 spiro atoms. The van der Waals surface area contributed by atoms with E-state index in [2.05, 4.69) is 46.9 Å². The van der Waals surface area contributed by atoms with E-state index in [0.717, 1.165) is 11.4 Å². The number of aryl methyl sites for hydroxylation is 1. The minimum atomic E-state index is 0.356. The maximum Gasteiger partial charge on any atom is 0.130 e. The van der Waals surface area contributed by atoms with Crippen LogP contribution in [0.2, 0.25) is 0 Å². The van der Waals surface area contributed by atoms with E-state index in [1.807, 2.05) is 19.6 Å². The van der Waals surface area contributed by atoms with Gasteiger partial charge in [0, 0.05) is 12.1 Å². The number of nitrogens with one attached hydrogen (secondary N) is 1. The molecule has 1 N–H and O–H groups in total. The van der Waals surface area contributed by atoms with Gasteiger partial charge in [-0.2, -0.15) is 0 Å². The van der Waals surface area contributed by atoms with Crippen LogP contribution in [0, 0.1) is 6.92 Å². The first-order chi connectivity index (χ1) is 10.2. The normalized spacial score (nSPS) is 16.0. The highest BCUT2D eigenvalue weighted by Gasteiger charge is 2.25. The molecule has 1 aliphatic carbocycles. The number of nitrogens with zero attached hydrogens (tertiary/aromatic N) is 2. The average molecular weight is 285 g/mol. The van der Waals surface area contributed by atoms with E-state index in [9.17, 15) is 0 Å². The molecule has 3 rings (SSSR count). The van der Waals surface area contributed by atoms with E-state index >= 15 is 0 Å². The Hall–Kier alpha value is -1.81. The summed E-state index contributed by atoms with van der Waals surface area (Å²) in [6, 6.07) is 7.38. The maximum atomic E-state index is 5.99. The van der Waals surface area contributed by atoms with Crippen molar-refractivity contribution in [1.29, 1.82) is 0 Å². The summed E-state index contributed by atoms with van der Waals surface area (Å²) in [6.07, 6.45) is 6.35. The highest BCUT2D eigenvalue weighted by atomic mass is 16.5. The molecule has 0 saturated heterocycles. The summed E-state index contributed by atoms with van der Waals surface area (Å²) in [5.41, 5.74) is 3.61. The number of aromatic nitrogens is 2. The van der Waals surface area contributed by atoms with Gasteiger partial charge >= 0.3 is 0 Å². The molecule has 1 heterocycles. The van der Waals surface area contributed by atoms with Crippen LogP contribution >= 0.6 is 0 Å². The SMILES string of the molecule is CNC(C)c1ccc(OCc2cncn2C2CC2)c(C)c1. The van der Waals surface area contributed by atoms with Gasteiger partial charge in [-0.25, -0.2) is 4.98 Å². The van der Waals surface area contributed by atoms with Crippen molar-refractivity contribution in [2.45, 2.75) is 45.4 Å². The summed E-state index contributed by atoms with van der Waals surface area (Å²) in [5, 5.41) is 3.26. The van der Waals surface area contributed by atoms with Crippen LogP contribution in [0.25, 0.3) is 0 Å². The predicted octanol–water partition coefficient (Wildman–Crippen LogP) is 3.39. The molecule has 1 saturated carbocycles. The predicted molar refractivity (Wildman–Crippen MR) is 83.5 cm³/mol. The molecule has 1 unspecified atom stereocenters. The van der Waals surface area contributed by atoms with E-state index in [0.29, 0.717) is 18.7 Å². The second kappa shape index (κ2) is 5.90. The van der Waals surface area contributed by atoms with Crippen LogP contribution in [0.1, 0.15) is 48.7 Å². The zero-order valence-electron chi connectivity index (χ0n) is 13.0. The van der Waals surface area contributed by atoms with Gasteiger partial charge < -0.3 is 14.6 Å². The standard InChI is InChI=1S/C17H23N3O/c1-12-8-14(13(2)18-3)4-7-17(12)21-10-16-9-19-11-20(16)15-5-6-15/h4,7-9,11,13,15,18H,5-6,10H2,1-3H3. The third-order valence-electron chi connectivity index (χ3n) is 4.19. The zero-order chi connectivity index (χ0) is 14.8. The second-order valence-electron chi connectivity index (χ2n) is 5.85. The molecule has 4 nitrogen and oxygen atoms in total. The first-order valence-corrected chi connectivity index (χ1v) is 7.60. The Bertz CT molecular complexity index is 616. The fraction of sp³-hybridized carbons (Fsp3) is 0.471. The molecule has 0 radical (unpaired) electrons. The van der Waals surface area contributed by atoms with Crippen molar-refractivity contribution in [2.24, 2.45) is 0 Å². The van der Waals surface area contributed by atoms with E-state index in [1.165, 1.54) is 24.0 Å². The van der Waals surface area contributed by atoms with E-state index in [-0.39, 0.29) is 0 Å². The molecule has 1 aliphatic rings. The van der Waals surface area contributed by atoms with E-state index < -0.39 is 0 Å². The van der Waals surface area contributed by atoms with Crippen molar-refractivity contribution in [3.63, 3.8) is 0 Å². The molecule has 21 heavy (non-hydrogen) atoms. The minimum absolute atomic E-state index is 0.356. The van der Waals surface area contributed by atoms with Crippen molar-refractivity contribution in [3.05, 3.63) is 47.5 Å². The fourth-order valence-corrected chi connectivity index (χ4v) is 2.55. The Balaban J connectivity index is 1.68. The molecule has 1 aromatic heterocycles. The van der Waals surface area contributed by atoms with Crippen LogP contribution in [0.5, 0.6) is 5.75 Å². The number of ether oxygens (including phenoxy) is 1. The Labute approximate surface area is 126 Å². The summed E-state index contributed by atoms with van der Waals surface area (Å²) >= 11 is 0. The topological polar surface area (TPSA) is 39.1 Å². The summed E-state index contributed by atoms with van der Waals surface area (Å²) in [7, 11) is 1.98. The number of benzene rings is 1.